The van der Waals surface area contributed by atoms with Gasteiger partial charge in [0, 0.05) is 18.3 Å². The number of nitrogens with zero attached hydrogens (tertiary/aromatic N) is 2. The lowest BCUT2D eigenvalue weighted by molar-refractivity contribution is 0.0951. The summed E-state index contributed by atoms with van der Waals surface area (Å²) >= 11 is 0. The number of carbonyl (C=O) groups is 2. The normalized spacial score (nSPS) is 10.5. The Labute approximate surface area is 143 Å². The van der Waals surface area contributed by atoms with E-state index in [0.29, 0.717) is 24.4 Å². The van der Waals surface area contributed by atoms with Gasteiger partial charge in [-0.15, -0.1) is 0 Å². The summed E-state index contributed by atoms with van der Waals surface area (Å²) in [5.74, 6) is -0.130. The molecule has 24 heavy (non-hydrogen) atoms. The van der Waals surface area contributed by atoms with Crippen LogP contribution >= 0.6 is 0 Å². The van der Waals surface area contributed by atoms with E-state index in [0.717, 1.165) is 26.1 Å². The molecule has 0 unspecified atom stereocenters. The van der Waals surface area contributed by atoms with Crippen molar-refractivity contribution in [3.8, 4) is 0 Å². The molecule has 0 saturated carbocycles. The molecule has 0 bridgehead atoms. The molecule has 7 nitrogen and oxygen atoms in total. The van der Waals surface area contributed by atoms with Crippen molar-refractivity contribution in [2.24, 2.45) is 0 Å². The van der Waals surface area contributed by atoms with Crippen LogP contribution in [-0.4, -0.2) is 54.7 Å². The van der Waals surface area contributed by atoms with Crippen molar-refractivity contribution < 1.29 is 14.3 Å². The summed E-state index contributed by atoms with van der Waals surface area (Å²) in [5.41, 5.74) is 1.15. The number of aromatic nitrogens is 1. The molecule has 0 saturated heterocycles. The molecule has 1 rings (SSSR count). The number of hydrogen-bond donors (Lipinski definition) is 2. The Morgan fingerprint density at radius 2 is 1.96 bits per heavy atom. The Hall–Kier alpha value is -2.15. The first-order chi connectivity index (χ1) is 11.6. The van der Waals surface area contributed by atoms with Crippen LogP contribution < -0.4 is 10.6 Å². The van der Waals surface area contributed by atoms with Crippen LogP contribution in [-0.2, 0) is 11.3 Å². The monoisotopic (exact) mass is 336 g/mol. The number of alkyl carbamates (subject to hydrolysis) is 1. The Balaban J connectivity index is 2.41. The standard InChI is InChI=1S/C17H28N4O3/c1-4-21(5-2)11-7-9-19-16(22)14-8-10-18-15(12-14)13-20-17(23)24-6-3/h8,10,12H,4-7,9,11,13H2,1-3H3,(H,19,22)(H,20,23). The molecular weight excluding hydrogens is 308 g/mol. The molecular formula is C17H28N4O3. The number of amides is 2. The Kier molecular flexibility index (Phi) is 9.45. The minimum absolute atomic E-state index is 0.130. The van der Waals surface area contributed by atoms with Crippen molar-refractivity contribution >= 4 is 12.0 Å². The first kappa shape index (κ1) is 19.9. The van der Waals surface area contributed by atoms with Crippen LogP contribution in [0.3, 0.4) is 0 Å². The molecule has 0 aliphatic heterocycles. The highest BCUT2D eigenvalue weighted by atomic mass is 16.5. The number of nitrogens with one attached hydrogen (secondary N) is 2. The van der Waals surface area contributed by atoms with Gasteiger partial charge in [-0.25, -0.2) is 4.79 Å². The summed E-state index contributed by atoms with van der Waals surface area (Å²) in [6.07, 6.45) is 1.98. The van der Waals surface area contributed by atoms with Crippen LogP contribution in [0, 0.1) is 0 Å². The van der Waals surface area contributed by atoms with Crippen LogP contribution in [0.25, 0.3) is 0 Å². The fraction of sp³-hybridized carbons (Fsp3) is 0.588. The topological polar surface area (TPSA) is 83.6 Å². The van der Waals surface area contributed by atoms with Crippen molar-refractivity contribution in [2.75, 3.05) is 32.8 Å². The SMILES string of the molecule is CCOC(=O)NCc1cc(C(=O)NCCCN(CC)CC)ccn1. The van der Waals surface area contributed by atoms with Crippen LogP contribution in [0.5, 0.6) is 0 Å². The van der Waals surface area contributed by atoms with Crippen molar-refractivity contribution in [1.82, 2.24) is 20.5 Å². The van der Waals surface area contributed by atoms with Gasteiger partial charge in [-0.05, 0) is 45.1 Å². The summed E-state index contributed by atoms with van der Waals surface area (Å²) < 4.78 is 4.78. The molecule has 7 heteroatoms. The fourth-order valence-corrected chi connectivity index (χ4v) is 2.21. The van der Waals surface area contributed by atoms with Gasteiger partial charge in [0.2, 0.25) is 0 Å². The van der Waals surface area contributed by atoms with E-state index >= 15 is 0 Å². The highest BCUT2D eigenvalue weighted by Crippen LogP contribution is 2.02. The van der Waals surface area contributed by atoms with Gasteiger partial charge < -0.3 is 20.3 Å². The quantitative estimate of drug-likeness (QED) is 0.637. The number of rotatable bonds is 10. The van der Waals surface area contributed by atoms with E-state index in [4.69, 9.17) is 4.74 Å². The second-order valence-corrected chi connectivity index (χ2v) is 5.25. The summed E-state index contributed by atoms with van der Waals surface area (Å²) in [6, 6.07) is 3.33. The van der Waals surface area contributed by atoms with Crippen molar-refractivity contribution in [3.05, 3.63) is 29.6 Å². The summed E-state index contributed by atoms with van der Waals surface area (Å²) in [6.45, 7) is 10.2. The highest BCUT2D eigenvalue weighted by Gasteiger charge is 2.08. The van der Waals surface area contributed by atoms with E-state index in [1.54, 1.807) is 25.3 Å². The highest BCUT2D eigenvalue weighted by molar-refractivity contribution is 5.94. The maximum absolute atomic E-state index is 12.2. The molecule has 134 valence electrons. The predicted octanol–water partition coefficient (Wildman–Crippen LogP) is 1.79. The van der Waals surface area contributed by atoms with Gasteiger partial charge in [0.1, 0.15) is 0 Å². The molecule has 0 aliphatic carbocycles. The van der Waals surface area contributed by atoms with Gasteiger partial charge in [0.05, 0.1) is 18.8 Å². The Morgan fingerprint density at radius 1 is 1.21 bits per heavy atom. The van der Waals surface area contributed by atoms with Gasteiger partial charge in [0.25, 0.3) is 5.91 Å². The molecule has 0 fully saturated rings. The van der Waals surface area contributed by atoms with Crippen molar-refractivity contribution in [2.45, 2.75) is 33.7 Å². The van der Waals surface area contributed by atoms with Crippen LogP contribution in [0.1, 0.15) is 43.2 Å². The van der Waals surface area contributed by atoms with E-state index < -0.39 is 6.09 Å². The van der Waals surface area contributed by atoms with Gasteiger partial charge in [-0.2, -0.15) is 0 Å². The zero-order valence-corrected chi connectivity index (χ0v) is 14.8. The molecule has 1 aromatic rings. The van der Waals surface area contributed by atoms with Crippen LogP contribution in [0.2, 0.25) is 0 Å². The molecule has 0 spiro atoms. The molecule has 0 aliphatic rings. The van der Waals surface area contributed by atoms with E-state index in [-0.39, 0.29) is 12.5 Å². The van der Waals surface area contributed by atoms with Gasteiger partial charge in [-0.1, -0.05) is 13.8 Å². The Bertz CT molecular complexity index is 518. The molecule has 2 amide bonds. The number of hydrogen-bond acceptors (Lipinski definition) is 5. The molecule has 2 N–H and O–H groups in total. The van der Waals surface area contributed by atoms with E-state index in [1.165, 1.54) is 0 Å². The number of pyridine rings is 1. The maximum Gasteiger partial charge on any atom is 0.407 e. The van der Waals surface area contributed by atoms with E-state index in [2.05, 4.69) is 34.4 Å². The molecule has 1 aromatic heterocycles. The largest absolute Gasteiger partial charge is 0.450 e. The second kappa shape index (κ2) is 11.4. The third kappa shape index (κ3) is 7.41. The minimum atomic E-state index is -0.495. The third-order valence-corrected chi connectivity index (χ3v) is 3.60. The van der Waals surface area contributed by atoms with Gasteiger partial charge in [-0.3, -0.25) is 9.78 Å². The lowest BCUT2D eigenvalue weighted by Gasteiger charge is -2.17. The molecule has 1 heterocycles. The van der Waals surface area contributed by atoms with Gasteiger partial charge in [0.15, 0.2) is 0 Å². The first-order valence-corrected chi connectivity index (χ1v) is 8.46. The minimum Gasteiger partial charge on any atom is -0.450 e. The van der Waals surface area contributed by atoms with E-state index in [1.807, 2.05) is 0 Å². The number of ether oxygens (including phenoxy) is 1. The second-order valence-electron chi connectivity index (χ2n) is 5.25. The van der Waals surface area contributed by atoms with E-state index in [9.17, 15) is 9.59 Å². The van der Waals surface area contributed by atoms with Crippen LogP contribution in [0.4, 0.5) is 4.79 Å². The number of carbonyl (C=O) groups excluding carboxylic acids is 2. The van der Waals surface area contributed by atoms with Gasteiger partial charge >= 0.3 is 6.09 Å². The average molecular weight is 336 g/mol. The predicted molar refractivity (Wildman–Crippen MR) is 92.8 cm³/mol. The molecule has 0 atom stereocenters. The summed E-state index contributed by atoms with van der Waals surface area (Å²) in [4.78, 5) is 29.9. The fourth-order valence-electron chi connectivity index (χ4n) is 2.21. The lowest BCUT2D eigenvalue weighted by Crippen LogP contribution is -2.30. The Morgan fingerprint density at radius 3 is 2.62 bits per heavy atom. The van der Waals surface area contributed by atoms with Crippen molar-refractivity contribution in [3.63, 3.8) is 0 Å². The first-order valence-electron chi connectivity index (χ1n) is 8.46. The zero-order valence-electron chi connectivity index (χ0n) is 14.8. The van der Waals surface area contributed by atoms with Crippen molar-refractivity contribution in [1.29, 1.82) is 0 Å². The maximum atomic E-state index is 12.2. The summed E-state index contributed by atoms with van der Waals surface area (Å²) in [7, 11) is 0. The lowest BCUT2D eigenvalue weighted by atomic mass is 10.2. The molecule has 0 aromatic carbocycles. The zero-order chi connectivity index (χ0) is 17.8. The molecule has 0 radical (unpaired) electrons. The van der Waals surface area contributed by atoms with Crippen LogP contribution in [0.15, 0.2) is 18.3 Å². The smallest absolute Gasteiger partial charge is 0.407 e. The third-order valence-electron chi connectivity index (χ3n) is 3.60. The average Bonchev–Trinajstić information content (AvgIpc) is 2.60. The summed E-state index contributed by atoms with van der Waals surface area (Å²) in [5, 5.41) is 5.49.